The fourth-order valence-corrected chi connectivity index (χ4v) is 3.02. The highest BCUT2D eigenvalue weighted by Crippen LogP contribution is 2.19. The quantitative estimate of drug-likeness (QED) is 0.791. The zero-order valence-electron chi connectivity index (χ0n) is 14.2. The second kappa shape index (κ2) is 8.77. The number of nitrogens with zero attached hydrogens (tertiary/aromatic N) is 2. The average Bonchev–Trinajstić information content (AvgIpc) is 2.59. The molecule has 5 nitrogen and oxygen atoms in total. The topological polar surface area (TPSA) is 55.8 Å². The Morgan fingerprint density at radius 3 is 2.87 bits per heavy atom. The minimum atomic E-state index is -0.342. The number of benzene rings is 1. The molecule has 1 aromatic carbocycles. The maximum atomic E-state index is 12.2. The summed E-state index contributed by atoms with van der Waals surface area (Å²) >= 11 is 0. The van der Waals surface area contributed by atoms with Crippen LogP contribution >= 0.6 is 0 Å². The maximum Gasteiger partial charge on any atom is 0.317 e. The van der Waals surface area contributed by atoms with Crippen molar-refractivity contribution in [3.05, 3.63) is 30.3 Å². The number of aliphatic hydroxyl groups is 1. The zero-order chi connectivity index (χ0) is 16.7. The average molecular weight is 319 g/mol. The Morgan fingerprint density at radius 1 is 1.43 bits per heavy atom. The van der Waals surface area contributed by atoms with Crippen LogP contribution in [0.2, 0.25) is 0 Å². The lowest BCUT2D eigenvalue weighted by molar-refractivity contribution is 0.0739. The molecular formula is C18H29N3O2. The number of piperidine rings is 1. The van der Waals surface area contributed by atoms with Gasteiger partial charge in [0.05, 0.1) is 6.10 Å². The summed E-state index contributed by atoms with van der Waals surface area (Å²) < 4.78 is 0. The first kappa shape index (κ1) is 17.6. The Kier molecular flexibility index (Phi) is 6.71. The highest BCUT2D eigenvalue weighted by molar-refractivity contribution is 5.74. The van der Waals surface area contributed by atoms with E-state index in [2.05, 4.69) is 29.4 Å². The molecule has 1 heterocycles. The van der Waals surface area contributed by atoms with Gasteiger partial charge in [-0.1, -0.05) is 18.2 Å². The van der Waals surface area contributed by atoms with Gasteiger partial charge in [0.1, 0.15) is 0 Å². The molecule has 1 aliphatic rings. The number of hydrogen-bond donors (Lipinski definition) is 2. The molecule has 2 N–H and O–H groups in total. The lowest BCUT2D eigenvalue weighted by Gasteiger charge is -2.34. The van der Waals surface area contributed by atoms with Gasteiger partial charge in [0.25, 0.3) is 0 Å². The van der Waals surface area contributed by atoms with Crippen molar-refractivity contribution < 1.29 is 9.90 Å². The number of anilines is 1. The number of urea groups is 1. The normalized spacial score (nSPS) is 19.3. The predicted octanol–water partition coefficient (Wildman–Crippen LogP) is 2.32. The van der Waals surface area contributed by atoms with E-state index in [9.17, 15) is 9.90 Å². The summed E-state index contributed by atoms with van der Waals surface area (Å²) in [4.78, 5) is 16.2. The molecule has 0 spiro atoms. The molecule has 1 saturated heterocycles. The van der Waals surface area contributed by atoms with E-state index in [1.165, 1.54) is 5.69 Å². The second-order valence-corrected chi connectivity index (χ2v) is 6.43. The molecule has 23 heavy (non-hydrogen) atoms. The van der Waals surface area contributed by atoms with Crippen molar-refractivity contribution in [1.82, 2.24) is 10.2 Å². The van der Waals surface area contributed by atoms with E-state index in [1.807, 2.05) is 30.0 Å². The first-order chi connectivity index (χ1) is 11.1. The van der Waals surface area contributed by atoms with Crippen LogP contribution in [-0.4, -0.2) is 55.4 Å². The fraction of sp³-hybridized carbons (Fsp3) is 0.611. The molecule has 1 fully saturated rings. The minimum Gasteiger partial charge on any atom is -0.393 e. The third-order valence-corrected chi connectivity index (χ3v) is 4.57. The van der Waals surface area contributed by atoms with Gasteiger partial charge in [-0.25, -0.2) is 4.79 Å². The van der Waals surface area contributed by atoms with E-state index < -0.39 is 0 Å². The molecule has 0 aromatic heterocycles. The number of para-hydroxylation sites is 1. The van der Waals surface area contributed by atoms with Gasteiger partial charge in [-0.05, 0) is 38.3 Å². The van der Waals surface area contributed by atoms with Crippen LogP contribution in [-0.2, 0) is 0 Å². The summed E-state index contributed by atoms with van der Waals surface area (Å²) in [5.41, 5.74) is 1.19. The lowest BCUT2D eigenvalue weighted by atomic mass is 9.94. The molecule has 1 aliphatic heterocycles. The van der Waals surface area contributed by atoms with Gasteiger partial charge in [0, 0.05) is 44.8 Å². The predicted molar refractivity (Wildman–Crippen MR) is 93.7 cm³/mol. The molecule has 0 aliphatic carbocycles. The van der Waals surface area contributed by atoms with E-state index in [1.54, 1.807) is 0 Å². The molecule has 2 amide bonds. The van der Waals surface area contributed by atoms with E-state index in [4.69, 9.17) is 0 Å². The third kappa shape index (κ3) is 5.43. The molecule has 0 bridgehead atoms. The highest BCUT2D eigenvalue weighted by atomic mass is 16.3. The van der Waals surface area contributed by atoms with Crippen molar-refractivity contribution in [2.24, 2.45) is 5.92 Å². The highest BCUT2D eigenvalue weighted by Gasteiger charge is 2.26. The molecule has 2 unspecified atom stereocenters. The van der Waals surface area contributed by atoms with Gasteiger partial charge in [-0.3, -0.25) is 0 Å². The maximum absolute atomic E-state index is 12.2. The molecule has 0 radical (unpaired) electrons. The van der Waals surface area contributed by atoms with Crippen molar-refractivity contribution >= 4 is 11.7 Å². The van der Waals surface area contributed by atoms with Crippen molar-refractivity contribution in [2.75, 3.05) is 38.1 Å². The smallest absolute Gasteiger partial charge is 0.317 e. The van der Waals surface area contributed by atoms with Crippen molar-refractivity contribution in [3.8, 4) is 0 Å². The monoisotopic (exact) mass is 319 g/mol. The van der Waals surface area contributed by atoms with E-state index in [0.717, 1.165) is 32.4 Å². The van der Waals surface area contributed by atoms with Crippen molar-refractivity contribution in [2.45, 2.75) is 32.3 Å². The number of likely N-dealkylation sites (tertiary alicyclic amines) is 1. The summed E-state index contributed by atoms with van der Waals surface area (Å²) in [6.07, 6.45) is 2.54. The van der Waals surface area contributed by atoms with Gasteiger partial charge in [-0.15, -0.1) is 0 Å². The van der Waals surface area contributed by atoms with Crippen molar-refractivity contribution in [3.63, 3.8) is 0 Å². The number of carbonyl (C=O) groups excluding carboxylic acids is 1. The number of rotatable bonds is 6. The standard InChI is InChI=1S/C18H29N3O2/c1-15(22)16-8-6-13-21(14-16)18(23)19-11-7-12-20(2)17-9-4-3-5-10-17/h3-5,9-10,15-16,22H,6-8,11-14H2,1-2H3,(H,19,23). The zero-order valence-corrected chi connectivity index (χ0v) is 14.2. The van der Waals surface area contributed by atoms with E-state index in [-0.39, 0.29) is 18.1 Å². The minimum absolute atomic E-state index is 0.00212. The van der Waals surface area contributed by atoms with Gasteiger partial charge in [0.15, 0.2) is 0 Å². The molecular weight excluding hydrogens is 290 g/mol. The van der Waals surface area contributed by atoms with Crippen LogP contribution in [0, 0.1) is 5.92 Å². The van der Waals surface area contributed by atoms with Crippen LogP contribution in [0.4, 0.5) is 10.5 Å². The van der Waals surface area contributed by atoms with Gasteiger partial charge in [0.2, 0.25) is 0 Å². The first-order valence-corrected chi connectivity index (χ1v) is 8.55. The van der Waals surface area contributed by atoms with Crippen LogP contribution in [0.5, 0.6) is 0 Å². The molecule has 2 rings (SSSR count). The number of carbonyl (C=O) groups is 1. The van der Waals surface area contributed by atoms with Gasteiger partial charge < -0.3 is 20.2 Å². The number of nitrogens with one attached hydrogen (secondary N) is 1. The Morgan fingerprint density at radius 2 is 2.17 bits per heavy atom. The fourth-order valence-electron chi connectivity index (χ4n) is 3.02. The molecule has 128 valence electrons. The van der Waals surface area contributed by atoms with Gasteiger partial charge in [-0.2, -0.15) is 0 Å². The van der Waals surface area contributed by atoms with Crippen molar-refractivity contribution in [1.29, 1.82) is 0 Å². The van der Waals surface area contributed by atoms with E-state index in [0.29, 0.717) is 13.1 Å². The SMILES string of the molecule is CC(O)C1CCCN(C(=O)NCCCN(C)c2ccccc2)C1. The molecule has 1 aromatic rings. The van der Waals surface area contributed by atoms with Crippen LogP contribution < -0.4 is 10.2 Å². The summed E-state index contributed by atoms with van der Waals surface area (Å²) in [6.45, 7) is 4.84. The van der Waals surface area contributed by atoms with Crippen LogP contribution in [0.3, 0.4) is 0 Å². The summed E-state index contributed by atoms with van der Waals surface area (Å²) in [5, 5.41) is 12.7. The Bertz CT molecular complexity index is 478. The summed E-state index contributed by atoms with van der Waals surface area (Å²) in [5.74, 6) is 0.207. The van der Waals surface area contributed by atoms with E-state index >= 15 is 0 Å². The van der Waals surface area contributed by atoms with Crippen LogP contribution in [0.25, 0.3) is 0 Å². The Labute approximate surface area is 139 Å². The summed E-state index contributed by atoms with van der Waals surface area (Å²) in [7, 11) is 2.06. The Hall–Kier alpha value is -1.75. The molecule has 5 heteroatoms. The van der Waals surface area contributed by atoms with Gasteiger partial charge >= 0.3 is 6.03 Å². The van der Waals surface area contributed by atoms with Crippen LogP contribution in [0.15, 0.2) is 30.3 Å². The molecule has 2 atom stereocenters. The Balaban J connectivity index is 1.67. The lowest BCUT2D eigenvalue weighted by Crippen LogP contribution is -2.47. The summed E-state index contributed by atoms with van der Waals surface area (Å²) in [6, 6.07) is 10.2. The first-order valence-electron chi connectivity index (χ1n) is 8.55. The molecule has 0 saturated carbocycles. The number of aliphatic hydroxyl groups excluding tert-OH is 1. The van der Waals surface area contributed by atoms with Crippen LogP contribution in [0.1, 0.15) is 26.2 Å². The second-order valence-electron chi connectivity index (χ2n) is 6.43. The largest absolute Gasteiger partial charge is 0.393 e. The third-order valence-electron chi connectivity index (χ3n) is 4.57. The number of hydrogen-bond acceptors (Lipinski definition) is 3. The number of amides is 2.